The van der Waals surface area contributed by atoms with Gasteiger partial charge in [-0.15, -0.1) is 0 Å². The fourth-order valence-electron chi connectivity index (χ4n) is 4.33. The SMILES string of the molecule is CO[C@H]1CCN(C(=O)c2ccn(C)n2)[C@@H]2CN(Cc3ccncc3)C[C@H]12.O=C(O)C(F)(F)F.O=C(O)C(F)(F)F. The van der Waals surface area contributed by atoms with Crippen LogP contribution in [0.5, 0.6) is 0 Å². The zero-order valence-corrected chi connectivity index (χ0v) is 21.3. The number of halogens is 6. The molecule has 2 aromatic rings. The first-order valence-electron chi connectivity index (χ1n) is 11.6. The number of likely N-dealkylation sites (tertiary alicyclic amines) is 2. The number of aromatic nitrogens is 3. The molecule has 2 fully saturated rings. The molecule has 222 valence electrons. The standard InChI is InChI=1S/C19H25N5O2.2C2HF3O2/c1-22-9-5-16(21-22)19(25)24-10-6-18(26-2)15-12-23(13-17(15)24)11-14-3-7-20-8-4-14;2*3-2(4,5)1(6)7/h3-5,7-9,15,17-18H,6,10-13H2,1-2H3;2*(H,6,7)/t15-,17+,18-;;/m0../s1. The number of amides is 1. The summed E-state index contributed by atoms with van der Waals surface area (Å²) >= 11 is 0. The molecule has 2 N–H and O–H groups in total. The molecule has 0 spiro atoms. The van der Waals surface area contributed by atoms with Crippen molar-refractivity contribution in [2.24, 2.45) is 13.0 Å². The molecule has 2 saturated heterocycles. The van der Waals surface area contributed by atoms with Gasteiger partial charge in [0, 0.05) is 64.8 Å². The van der Waals surface area contributed by atoms with E-state index in [-0.39, 0.29) is 18.1 Å². The maximum Gasteiger partial charge on any atom is 0.490 e. The minimum Gasteiger partial charge on any atom is -0.475 e. The van der Waals surface area contributed by atoms with Crippen molar-refractivity contribution in [3.8, 4) is 0 Å². The highest BCUT2D eigenvalue weighted by atomic mass is 19.4. The first kappa shape index (κ1) is 32.5. The van der Waals surface area contributed by atoms with Gasteiger partial charge in [0.2, 0.25) is 0 Å². The zero-order chi connectivity index (χ0) is 30.3. The van der Waals surface area contributed by atoms with Crippen molar-refractivity contribution in [3.63, 3.8) is 0 Å². The van der Waals surface area contributed by atoms with E-state index < -0.39 is 24.3 Å². The number of ether oxygens (including phenoxy) is 1. The minimum absolute atomic E-state index is 0.0286. The summed E-state index contributed by atoms with van der Waals surface area (Å²) in [7, 11) is 3.62. The Labute approximate surface area is 223 Å². The van der Waals surface area contributed by atoms with Crippen molar-refractivity contribution in [1.82, 2.24) is 24.6 Å². The predicted molar refractivity (Wildman–Crippen MR) is 124 cm³/mol. The largest absolute Gasteiger partial charge is 0.490 e. The maximum atomic E-state index is 13.0. The van der Waals surface area contributed by atoms with Gasteiger partial charge in [0.1, 0.15) is 5.69 Å². The molecule has 11 nitrogen and oxygen atoms in total. The number of piperidine rings is 1. The number of carboxylic acid groups (broad SMARTS) is 2. The Balaban J connectivity index is 0.000000333. The van der Waals surface area contributed by atoms with E-state index in [1.165, 1.54) is 5.56 Å². The van der Waals surface area contributed by atoms with Gasteiger partial charge in [0.25, 0.3) is 5.91 Å². The van der Waals surface area contributed by atoms with Gasteiger partial charge < -0.3 is 19.8 Å². The highest BCUT2D eigenvalue weighted by Gasteiger charge is 2.46. The Morgan fingerprint density at radius 2 is 1.55 bits per heavy atom. The van der Waals surface area contributed by atoms with Crippen LogP contribution >= 0.6 is 0 Å². The number of nitrogens with zero attached hydrogens (tertiary/aromatic N) is 5. The van der Waals surface area contributed by atoms with E-state index in [9.17, 15) is 31.1 Å². The van der Waals surface area contributed by atoms with Crippen LogP contribution in [0.25, 0.3) is 0 Å². The van der Waals surface area contributed by atoms with Gasteiger partial charge >= 0.3 is 24.3 Å². The number of fused-ring (bicyclic) bond motifs is 1. The first-order valence-corrected chi connectivity index (χ1v) is 11.6. The van der Waals surface area contributed by atoms with E-state index in [2.05, 4.69) is 15.0 Å². The normalized spacial score (nSPS) is 20.9. The Morgan fingerprint density at radius 3 is 2.00 bits per heavy atom. The molecule has 2 aliphatic rings. The lowest BCUT2D eigenvalue weighted by Gasteiger charge is -2.40. The third-order valence-electron chi connectivity index (χ3n) is 6.08. The van der Waals surface area contributed by atoms with E-state index >= 15 is 0 Å². The van der Waals surface area contributed by atoms with Crippen LogP contribution < -0.4 is 0 Å². The van der Waals surface area contributed by atoms with Crippen LogP contribution in [0.1, 0.15) is 22.5 Å². The maximum absolute atomic E-state index is 13.0. The molecule has 0 saturated carbocycles. The van der Waals surface area contributed by atoms with E-state index in [4.69, 9.17) is 24.5 Å². The second-order valence-electron chi connectivity index (χ2n) is 8.82. The number of pyridine rings is 1. The number of carbonyl (C=O) groups is 3. The minimum atomic E-state index is -5.08. The number of carbonyl (C=O) groups excluding carboxylic acids is 1. The summed E-state index contributed by atoms with van der Waals surface area (Å²) in [6.45, 7) is 3.40. The Kier molecular flexibility index (Phi) is 11.0. The first-order chi connectivity index (χ1) is 18.5. The molecular weight excluding hydrogens is 556 g/mol. The summed E-state index contributed by atoms with van der Waals surface area (Å²) in [6.07, 6.45) is -3.62. The molecule has 0 aromatic carbocycles. The molecule has 4 heterocycles. The molecule has 1 amide bonds. The fourth-order valence-corrected chi connectivity index (χ4v) is 4.33. The average molecular weight is 583 g/mol. The van der Waals surface area contributed by atoms with Crippen molar-refractivity contribution in [2.45, 2.75) is 37.5 Å². The number of methoxy groups -OCH3 is 1. The van der Waals surface area contributed by atoms with Crippen LogP contribution in [0.15, 0.2) is 36.8 Å². The number of hydrogen-bond acceptors (Lipinski definition) is 7. The van der Waals surface area contributed by atoms with E-state index in [0.29, 0.717) is 11.6 Å². The molecule has 3 atom stereocenters. The van der Waals surface area contributed by atoms with Gasteiger partial charge in [0.05, 0.1) is 12.1 Å². The lowest BCUT2D eigenvalue weighted by molar-refractivity contribution is -0.193. The summed E-state index contributed by atoms with van der Waals surface area (Å²) in [4.78, 5) is 39.3. The zero-order valence-electron chi connectivity index (χ0n) is 21.3. The highest BCUT2D eigenvalue weighted by Crippen LogP contribution is 2.34. The van der Waals surface area contributed by atoms with Gasteiger partial charge in [-0.05, 0) is 30.2 Å². The summed E-state index contributed by atoms with van der Waals surface area (Å²) in [5.74, 6) is -5.15. The van der Waals surface area contributed by atoms with Crippen LogP contribution in [0.4, 0.5) is 26.3 Å². The molecule has 0 bridgehead atoms. The molecular formula is C23H27F6N5O6. The molecule has 2 aromatic heterocycles. The molecule has 17 heteroatoms. The van der Waals surface area contributed by atoms with Crippen molar-refractivity contribution in [1.29, 1.82) is 0 Å². The average Bonchev–Trinajstić information content (AvgIpc) is 3.49. The van der Waals surface area contributed by atoms with Crippen LogP contribution in [0, 0.1) is 5.92 Å². The van der Waals surface area contributed by atoms with Crippen molar-refractivity contribution >= 4 is 17.8 Å². The number of alkyl halides is 6. The highest BCUT2D eigenvalue weighted by molar-refractivity contribution is 5.92. The van der Waals surface area contributed by atoms with Crippen LogP contribution in [-0.4, -0.2) is 104 Å². The lowest BCUT2D eigenvalue weighted by Crippen LogP contribution is -2.53. The van der Waals surface area contributed by atoms with Gasteiger partial charge in [-0.25, -0.2) is 9.59 Å². The van der Waals surface area contributed by atoms with E-state index in [1.807, 2.05) is 42.7 Å². The molecule has 0 aliphatic carbocycles. The Bertz CT molecular complexity index is 1120. The van der Waals surface area contributed by atoms with Gasteiger partial charge in [-0.3, -0.25) is 19.4 Å². The third kappa shape index (κ3) is 9.18. The lowest BCUT2D eigenvalue weighted by atomic mass is 9.89. The molecule has 0 radical (unpaired) electrons. The monoisotopic (exact) mass is 583 g/mol. The Morgan fingerprint density at radius 1 is 1.00 bits per heavy atom. The van der Waals surface area contributed by atoms with Gasteiger partial charge in [-0.2, -0.15) is 31.4 Å². The van der Waals surface area contributed by atoms with Crippen molar-refractivity contribution in [3.05, 3.63) is 48.0 Å². The van der Waals surface area contributed by atoms with Crippen molar-refractivity contribution in [2.75, 3.05) is 26.7 Å². The second-order valence-corrected chi connectivity index (χ2v) is 8.82. The predicted octanol–water partition coefficient (Wildman–Crippen LogP) is 2.44. The number of aryl methyl sites for hydroxylation is 1. The number of hydrogen-bond donors (Lipinski definition) is 2. The van der Waals surface area contributed by atoms with E-state index in [1.54, 1.807) is 17.9 Å². The summed E-state index contributed by atoms with van der Waals surface area (Å²) in [5.41, 5.74) is 1.77. The fraction of sp³-hybridized carbons (Fsp3) is 0.522. The summed E-state index contributed by atoms with van der Waals surface area (Å²) in [6, 6.07) is 6.06. The van der Waals surface area contributed by atoms with Crippen molar-refractivity contribution < 1.29 is 55.7 Å². The molecule has 4 rings (SSSR count). The third-order valence-corrected chi connectivity index (χ3v) is 6.08. The van der Waals surface area contributed by atoms with Crippen LogP contribution in [-0.2, 0) is 27.9 Å². The Hall–Kier alpha value is -3.73. The quantitative estimate of drug-likeness (QED) is 0.520. The smallest absolute Gasteiger partial charge is 0.475 e. The second kappa shape index (κ2) is 13.6. The van der Waals surface area contributed by atoms with Crippen LogP contribution in [0.3, 0.4) is 0 Å². The van der Waals surface area contributed by atoms with Crippen LogP contribution in [0.2, 0.25) is 0 Å². The molecule has 40 heavy (non-hydrogen) atoms. The van der Waals surface area contributed by atoms with Gasteiger partial charge in [0.15, 0.2) is 0 Å². The molecule has 0 unspecified atom stereocenters. The molecule has 2 aliphatic heterocycles. The topological polar surface area (TPSA) is 138 Å². The summed E-state index contributed by atoms with van der Waals surface area (Å²) in [5, 5.41) is 18.5. The number of carboxylic acids is 2. The van der Waals surface area contributed by atoms with Gasteiger partial charge in [-0.1, -0.05) is 0 Å². The van der Waals surface area contributed by atoms with E-state index in [0.717, 1.165) is 32.6 Å². The number of aliphatic carboxylic acids is 2. The summed E-state index contributed by atoms with van der Waals surface area (Å²) < 4.78 is 70.9. The number of rotatable bonds is 4.